The number of rotatable bonds is 5. The number of hydrogen-bond acceptors (Lipinski definition) is 3. The Morgan fingerprint density at radius 3 is 3.08 bits per heavy atom. The predicted octanol–water partition coefficient (Wildman–Crippen LogP) is 3.06. The molecule has 3 atom stereocenters. The molecule has 1 unspecified atom stereocenters. The first-order valence-electron chi connectivity index (χ1n) is 8.32. The summed E-state index contributed by atoms with van der Waals surface area (Å²) in [6.07, 6.45) is 7.17. The fourth-order valence-corrected chi connectivity index (χ4v) is 4.17. The summed E-state index contributed by atoms with van der Waals surface area (Å²) in [5.41, 5.74) is 2.27. The Morgan fingerprint density at radius 2 is 2.29 bits per heavy atom. The third-order valence-electron chi connectivity index (χ3n) is 4.88. The molecule has 0 amide bonds. The molecule has 2 heterocycles. The minimum atomic E-state index is -0.283. The number of imidazole rings is 1. The van der Waals surface area contributed by atoms with E-state index in [1.807, 2.05) is 18.6 Å². The molecule has 3 aromatic rings. The van der Waals surface area contributed by atoms with E-state index in [2.05, 4.69) is 54.0 Å². The summed E-state index contributed by atoms with van der Waals surface area (Å²) in [6.45, 7) is 1.66. The molecule has 6 heteroatoms. The van der Waals surface area contributed by atoms with Crippen LogP contribution in [-0.4, -0.2) is 31.8 Å². The number of fused-ring (bicyclic) bond motifs is 1. The summed E-state index contributed by atoms with van der Waals surface area (Å²) in [5, 5.41) is 15.1. The van der Waals surface area contributed by atoms with Crippen molar-refractivity contribution in [2.45, 2.75) is 38.1 Å². The summed E-state index contributed by atoms with van der Waals surface area (Å²) in [7, 11) is 0. The zero-order valence-electron chi connectivity index (χ0n) is 13.3. The highest BCUT2D eigenvalue weighted by atomic mass is 79.9. The van der Waals surface area contributed by atoms with Crippen LogP contribution in [0.1, 0.15) is 18.5 Å². The molecule has 1 aliphatic carbocycles. The van der Waals surface area contributed by atoms with Crippen molar-refractivity contribution < 1.29 is 5.11 Å². The van der Waals surface area contributed by atoms with Crippen LogP contribution in [0.3, 0.4) is 0 Å². The van der Waals surface area contributed by atoms with Gasteiger partial charge in [0.05, 0.1) is 12.4 Å². The van der Waals surface area contributed by atoms with E-state index in [9.17, 15) is 5.11 Å². The van der Waals surface area contributed by atoms with Crippen LogP contribution < -0.4 is 5.32 Å². The van der Waals surface area contributed by atoms with Gasteiger partial charge in [-0.3, -0.25) is 0 Å². The van der Waals surface area contributed by atoms with Crippen molar-refractivity contribution >= 4 is 26.8 Å². The van der Waals surface area contributed by atoms with Gasteiger partial charge in [-0.2, -0.15) is 0 Å². The number of aliphatic hydroxyl groups excluding tert-OH is 1. The SMILES string of the molecule is O[C@@H]1CC(Cn2ccnc2)C[C@H]1NCc1cc2c(Br)cccc2[nH]1. The van der Waals surface area contributed by atoms with Gasteiger partial charge in [0, 0.05) is 52.6 Å². The van der Waals surface area contributed by atoms with Crippen molar-refractivity contribution in [2.75, 3.05) is 0 Å². The van der Waals surface area contributed by atoms with Gasteiger partial charge in [-0.15, -0.1) is 0 Å². The maximum absolute atomic E-state index is 10.3. The zero-order valence-corrected chi connectivity index (χ0v) is 14.9. The van der Waals surface area contributed by atoms with Gasteiger partial charge in [0.15, 0.2) is 0 Å². The summed E-state index contributed by atoms with van der Waals surface area (Å²) >= 11 is 3.59. The van der Waals surface area contributed by atoms with Gasteiger partial charge in [-0.1, -0.05) is 22.0 Å². The maximum atomic E-state index is 10.3. The van der Waals surface area contributed by atoms with Gasteiger partial charge < -0.3 is 20.0 Å². The van der Waals surface area contributed by atoms with Crippen molar-refractivity contribution in [2.24, 2.45) is 5.92 Å². The second kappa shape index (κ2) is 6.70. The van der Waals surface area contributed by atoms with Crippen molar-refractivity contribution in [1.29, 1.82) is 0 Å². The third kappa shape index (κ3) is 3.27. The minimum absolute atomic E-state index is 0.147. The number of aromatic amines is 1. The molecule has 126 valence electrons. The summed E-state index contributed by atoms with van der Waals surface area (Å²) in [5.74, 6) is 0.489. The fraction of sp³-hybridized carbons (Fsp3) is 0.389. The van der Waals surface area contributed by atoms with Crippen LogP contribution in [-0.2, 0) is 13.1 Å². The standard InChI is InChI=1S/C18H21BrN4O/c19-15-2-1-3-16-14(15)8-13(22-16)9-21-17-6-12(7-18(17)24)10-23-5-4-20-11-23/h1-5,8,11-12,17-18,21-22,24H,6-7,9-10H2/t12?,17-,18-/m1/s1. The smallest absolute Gasteiger partial charge is 0.0945 e. The Bertz CT molecular complexity index is 814. The molecule has 5 nitrogen and oxygen atoms in total. The summed E-state index contributed by atoms with van der Waals surface area (Å²) < 4.78 is 3.19. The van der Waals surface area contributed by atoms with Crippen LogP contribution in [0.4, 0.5) is 0 Å². The van der Waals surface area contributed by atoms with E-state index in [1.165, 1.54) is 5.39 Å². The van der Waals surface area contributed by atoms with Crippen LogP contribution in [0.2, 0.25) is 0 Å². The monoisotopic (exact) mass is 388 g/mol. The predicted molar refractivity (Wildman–Crippen MR) is 97.6 cm³/mol. The van der Waals surface area contributed by atoms with E-state index >= 15 is 0 Å². The van der Waals surface area contributed by atoms with E-state index in [-0.39, 0.29) is 12.1 Å². The van der Waals surface area contributed by atoms with Crippen LogP contribution in [0, 0.1) is 5.92 Å². The first-order valence-corrected chi connectivity index (χ1v) is 9.11. The Kier molecular flexibility index (Phi) is 4.43. The Labute approximate surface area is 149 Å². The Hall–Kier alpha value is -1.63. The molecule has 1 fully saturated rings. The van der Waals surface area contributed by atoms with Crippen molar-refractivity contribution in [1.82, 2.24) is 19.9 Å². The van der Waals surface area contributed by atoms with E-state index in [0.29, 0.717) is 5.92 Å². The second-order valence-corrected chi connectivity index (χ2v) is 7.50. The number of nitrogens with zero attached hydrogens (tertiary/aromatic N) is 2. The quantitative estimate of drug-likeness (QED) is 0.629. The number of hydrogen-bond donors (Lipinski definition) is 3. The Balaban J connectivity index is 1.37. The summed E-state index contributed by atoms with van der Waals surface area (Å²) in [4.78, 5) is 7.52. The third-order valence-corrected chi connectivity index (χ3v) is 5.57. The zero-order chi connectivity index (χ0) is 16.5. The maximum Gasteiger partial charge on any atom is 0.0945 e. The van der Waals surface area contributed by atoms with Crippen LogP contribution in [0.5, 0.6) is 0 Å². The first-order chi connectivity index (χ1) is 11.7. The average molecular weight is 389 g/mol. The van der Waals surface area contributed by atoms with Gasteiger partial charge in [0.2, 0.25) is 0 Å². The molecule has 0 saturated heterocycles. The molecule has 3 N–H and O–H groups in total. The molecule has 0 radical (unpaired) electrons. The topological polar surface area (TPSA) is 65.9 Å². The van der Waals surface area contributed by atoms with E-state index in [4.69, 9.17) is 0 Å². The lowest BCUT2D eigenvalue weighted by molar-refractivity contribution is 0.145. The highest BCUT2D eigenvalue weighted by Crippen LogP contribution is 2.28. The lowest BCUT2D eigenvalue weighted by atomic mass is 10.1. The molecule has 4 rings (SSSR count). The van der Waals surface area contributed by atoms with Gasteiger partial charge in [-0.25, -0.2) is 4.98 Å². The molecule has 2 aromatic heterocycles. The lowest BCUT2D eigenvalue weighted by Gasteiger charge is -2.15. The van der Waals surface area contributed by atoms with Crippen molar-refractivity contribution in [3.8, 4) is 0 Å². The fourth-order valence-electron chi connectivity index (χ4n) is 3.69. The van der Waals surface area contributed by atoms with Gasteiger partial charge in [0.1, 0.15) is 0 Å². The van der Waals surface area contributed by atoms with Gasteiger partial charge in [-0.05, 0) is 37.0 Å². The van der Waals surface area contributed by atoms with Crippen molar-refractivity contribution in [3.05, 3.63) is 53.2 Å². The highest BCUT2D eigenvalue weighted by Gasteiger charge is 2.32. The molecule has 1 saturated carbocycles. The number of aromatic nitrogens is 3. The molecule has 0 bridgehead atoms. The minimum Gasteiger partial charge on any atom is -0.391 e. The average Bonchev–Trinajstić information content (AvgIpc) is 3.26. The van der Waals surface area contributed by atoms with Crippen LogP contribution in [0.15, 0.2) is 47.5 Å². The van der Waals surface area contributed by atoms with E-state index in [0.717, 1.165) is 41.6 Å². The number of benzene rings is 1. The van der Waals surface area contributed by atoms with Crippen LogP contribution >= 0.6 is 15.9 Å². The molecular weight excluding hydrogens is 368 g/mol. The molecule has 0 aliphatic heterocycles. The van der Waals surface area contributed by atoms with Gasteiger partial charge >= 0.3 is 0 Å². The lowest BCUT2D eigenvalue weighted by Crippen LogP contribution is -2.35. The molecule has 24 heavy (non-hydrogen) atoms. The van der Waals surface area contributed by atoms with Gasteiger partial charge in [0.25, 0.3) is 0 Å². The molecule has 1 aliphatic rings. The van der Waals surface area contributed by atoms with E-state index in [1.54, 1.807) is 6.20 Å². The second-order valence-electron chi connectivity index (χ2n) is 6.65. The normalized spacial score (nSPS) is 24.0. The number of aliphatic hydroxyl groups is 1. The number of halogens is 1. The van der Waals surface area contributed by atoms with E-state index < -0.39 is 0 Å². The van der Waals surface area contributed by atoms with Crippen molar-refractivity contribution in [3.63, 3.8) is 0 Å². The molecular formula is C18H21BrN4O. The first kappa shape index (κ1) is 15.9. The highest BCUT2D eigenvalue weighted by molar-refractivity contribution is 9.10. The number of nitrogens with one attached hydrogen (secondary N) is 2. The van der Waals surface area contributed by atoms with Crippen LogP contribution in [0.25, 0.3) is 10.9 Å². The summed E-state index contributed by atoms with van der Waals surface area (Å²) in [6, 6.07) is 8.47. The Morgan fingerprint density at radius 1 is 1.38 bits per heavy atom. The molecule has 1 aromatic carbocycles. The number of H-pyrrole nitrogens is 1. The largest absolute Gasteiger partial charge is 0.391 e. The molecule has 0 spiro atoms.